The smallest absolute Gasteiger partial charge is 0.319 e. The predicted molar refractivity (Wildman–Crippen MR) is 115 cm³/mol. The molecule has 0 bridgehead atoms. The van der Waals surface area contributed by atoms with Crippen LogP contribution in [0.3, 0.4) is 0 Å². The molecule has 2 heterocycles. The van der Waals surface area contributed by atoms with Gasteiger partial charge in [0.2, 0.25) is 0 Å². The molecular formula is C20H33N5O2Si. The molecule has 8 heteroatoms. The highest BCUT2D eigenvalue weighted by atomic mass is 28.3. The summed E-state index contributed by atoms with van der Waals surface area (Å²) in [6, 6.07) is 3.66. The fourth-order valence-corrected chi connectivity index (χ4v) is 3.72. The molecule has 0 saturated heterocycles. The van der Waals surface area contributed by atoms with E-state index in [2.05, 4.69) is 49.5 Å². The number of fused-ring (bicyclic) bond motifs is 1. The number of nitrogens with zero attached hydrogens (tertiary/aromatic N) is 4. The topological polar surface area (TPSA) is 99.0 Å². The second-order valence-electron chi connectivity index (χ2n) is 8.26. The van der Waals surface area contributed by atoms with Crippen molar-refractivity contribution >= 4 is 24.9 Å². The van der Waals surface area contributed by atoms with Gasteiger partial charge in [0.1, 0.15) is 29.5 Å². The molecule has 7 nitrogen and oxygen atoms in total. The number of ether oxygens (including phenoxy) is 2. The monoisotopic (exact) mass is 403 g/mol. The molecule has 0 aliphatic heterocycles. The molecule has 2 rings (SSSR count). The van der Waals surface area contributed by atoms with Crippen LogP contribution in [0.2, 0.25) is 25.7 Å². The van der Waals surface area contributed by atoms with E-state index in [0.29, 0.717) is 35.8 Å². The van der Waals surface area contributed by atoms with Crippen molar-refractivity contribution in [3.63, 3.8) is 0 Å². The Morgan fingerprint density at radius 2 is 1.89 bits per heavy atom. The summed E-state index contributed by atoms with van der Waals surface area (Å²) in [4.78, 5) is 8.90. The lowest BCUT2D eigenvalue weighted by molar-refractivity contribution is 0.0896. The van der Waals surface area contributed by atoms with Crippen molar-refractivity contribution in [1.82, 2.24) is 14.5 Å². The predicted octanol–water partition coefficient (Wildman–Crippen LogP) is 4.33. The third kappa shape index (κ3) is 5.46. The highest BCUT2D eigenvalue weighted by molar-refractivity contribution is 6.76. The first kappa shape index (κ1) is 22.2. The summed E-state index contributed by atoms with van der Waals surface area (Å²) in [7, 11) is -1.18. The third-order valence-corrected chi connectivity index (χ3v) is 6.26. The Labute approximate surface area is 168 Å². The van der Waals surface area contributed by atoms with E-state index in [0.717, 1.165) is 37.3 Å². The van der Waals surface area contributed by atoms with Crippen LogP contribution < -0.4 is 10.5 Å². The zero-order valence-electron chi connectivity index (χ0n) is 17.8. The van der Waals surface area contributed by atoms with Crippen LogP contribution in [0.15, 0.2) is 0 Å². The maximum absolute atomic E-state index is 9.81. The Morgan fingerprint density at radius 1 is 1.14 bits per heavy atom. The maximum Gasteiger partial charge on any atom is 0.319 e. The molecule has 28 heavy (non-hydrogen) atoms. The number of rotatable bonds is 11. The van der Waals surface area contributed by atoms with Crippen molar-refractivity contribution < 1.29 is 9.47 Å². The van der Waals surface area contributed by atoms with E-state index in [1.807, 2.05) is 4.57 Å². The Bertz CT molecular complexity index is 836. The molecule has 2 aromatic heterocycles. The number of aryl methyl sites for hydroxylation is 1. The lowest BCUT2D eigenvalue weighted by Crippen LogP contribution is -2.22. The zero-order chi connectivity index (χ0) is 20.7. The van der Waals surface area contributed by atoms with Crippen LogP contribution in [0.1, 0.15) is 44.4 Å². The van der Waals surface area contributed by atoms with Crippen LogP contribution in [0.25, 0.3) is 11.0 Å². The van der Waals surface area contributed by atoms with Gasteiger partial charge in [-0.25, -0.2) is 0 Å². The van der Waals surface area contributed by atoms with Gasteiger partial charge in [-0.2, -0.15) is 15.2 Å². The van der Waals surface area contributed by atoms with Crippen molar-refractivity contribution in [3.8, 4) is 12.1 Å². The summed E-state index contributed by atoms with van der Waals surface area (Å²) in [6.07, 6.45) is 3.60. The first-order valence-corrected chi connectivity index (χ1v) is 13.8. The van der Waals surface area contributed by atoms with Crippen molar-refractivity contribution in [2.75, 3.05) is 18.9 Å². The summed E-state index contributed by atoms with van der Waals surface area (Å²) in [5.74, 6) is 0.323. The van der Waals surface area contributed by atoms with E-state index in [1.54, 1.807) is 0 Å². The van der Waals surface area contributed by atoms with Crippen LogP contribution in [0, 0.1) is 11.3 Å². The fraction of sp³-hybridized carbons (Fsp3) is 0.650. The quantitative estimate of drug-likeness (QED) is 0.443. The first-order valence-electron chi connectivity index (χ1n) is 10.1. The fourth-order valence-electron chi connectivity index (χ4n) is 2.96. The molecule has 0 atom stereocenters. The largest absolute Gasteiger partial charge is 0.463 e. The number of hydrogen-bond acceptors (Lipinski definition) is 6. The normalized spacial score (nSPS) is 11.7. The lowest BCUT2D eigenvalue weighted by atomic mass is 10.1. The summed E-state index contributed by atoms with van der Waals surface area (Å²) in [5, 5.41) is 9.81. The van der Waals surface area contributed by atoms with E-state index in [1.165, 1.54) is 0 Å². The molecule has 0 fully saturated rings. The van der Waals surface area contributed by atoms with Crippen LogP contribution >= 0.6 is 0 Å². The van der Waals surface area contributed by atoms with Crippen LogP contribution in [0.4, 0.5) is 5.82 Å². The van der Waals surface area contributed by atoms with Crippen LogP contribution in [-0.2, 0) is 17.9 Å². The van der Waals surface area contributed by atoms with Gasteiger partial charge in [0.25, 0.3) is 0 Å². The van der Waals surface area contributed by atoms with Gasteiger partial charge in [0.05, 0.1) is 6.61 Å². The minimum atomic E-state index is -1.18. The number of unbranched alkanes of at least 4 members (excludes halogenated alkanes) is 1. The Morgan fingerprint density at radius 3 is 2.50 bits per heavy atom. The average molecular weight is 404 g/mol. The van der Waals surface area contributed by atoms with E-state index in [9.17, 15) is 5.26 Å². The molecular weight excluding hydrogens is 370 g/mol. The number of hydrogen-bond donors (Lipinski definition) is 1. The van der Waals surface area contributed by atoms with E-state index in [-0.39, 0.29) is 12.7 Å². The van der Waals surface area contributed by atoms with Gasteiger partial charge in [0.15, 0.2) is 5.82 Å². The molecule has 154 valence electrons. The van der Waals surface area contributed by atoms with Gasteiger partial charge in [0, 0.05) is 20.2 Å². The summed E-state index contributed by atoms with van der Waals surface area (Å²) < 4.78 is 13.4. The zero-order valence-corrected chi connectivity index (χ0v) is 18.8. The summed E-state index contributed by atoms with van der Waals surface area (Å²) in [5.41, 5.74) is 9.07. The molecule has 0 unspecified atom stereocenters. The SMILES string of the molecule is CCCCOc1nc(N)c2c(n1)c(CCC)c(C#N)n2COCC[Si](C)(C)C. The highest BCUT2D eigenvalue weighted by Gasteiger charge is 2.22. The van der Waals surface area contributed by atoms with Gasteiger partial charge in [-0.1, -0.05) is 46.3 Å². The Hall–Kier alpha value is -2.11. The molecule has 0 aromatic carbocycles. The molecule has 0 aliphatic rings. The van der Waals surface area contributed by atoms with Gasteiger partial charge < -0.3 is 19.8 Å². The number of aromatic nitrogens is 3. The molecule has 0 amide bonds. The van der Waals surface area contributed by atoms with E-state index >= 15 is 0 Å². The summed E-state index contributed by atoms with van der Waals surface area (Å²) in [6.45, 7) is 12.6. The van der Waals surface area contributed by atoms with Gasteiger partial charge >= 0.3 is 6.01 Å². The second-order valence-corrected chi connectivity index (χ2v) is 13.9. The molecule has 2 aromatic rings. The highest BCUT2D eigenvalue weighted by Crippen LogP contribution is 2.30. The minimum Gasteiger partial charge on any atom is -0.463 e. The van der Waals surface area contributed by atoms with Gasteiger partial charge in [-0.3, -0.25) is 0 Å². The maximum atomic E-state index is 9.81. The van der Waals surface area contributed by atoms with Crippen molar-refractivity contribution in [2.24, 2.45) is 0 Å². The molecule has 0 aliphatic carbocycles. The molecule has 0 saturated carbocycles. The second kappa shape index (κ2) is 9.89. The van der Waals surface area contributed by atoms with E-state index in [4.69, 9.17) is 15.2 Å². The standard InChI is InChI=1S/C20H33N5O2Si/c1-6-8-10-27-20-23-17-15(9-7-2)16(13-21)25(18(17)19(22)24-20)14-26-11-12-28(3,4)5/h6-12,14H2,1-5H3,(H2,22,23,24). The van der Waals surface area contributed by atoms with Crippen molar-refractivity contribution in [3.05, 3.63) is 11.3 Å². The minimum absolute atomic E-state index is 0.275. The first-order chi connectivity index (χ1) is 13.3. The number of nitrogens with two attached hydrogens (primary N) is 1. The molecule has 0 radical (unpaired) electrons. The van der Waals surface area contributed by atoms with Crippen LogP contribution in [0.5, 0.6) is 6.01 Å². The van der Waals surface area contributed by atoms with Crippen molar-refractivity contribution in [1.29, 1.82) is 5.26 Å². The van der Waals surface area contributed by atoms with Gasteiger partial charge in [-0.05, 0) is 18.9 Å². The van der Waals surface area contributed by atoms with Crippen LogP contribution in [-0.4, -0.2) is 35.8 Å². The number of anilines is 1. The van der Waals surface area contributed by atoms with Gasteiger partial charge in [-0.15, -0.1) is 0 Å². The third-order valence-electron chi connectivity index (χ3n) is 4.55. The molecule has 2 N–H and O–H groups in total. The molecule has 0 spiro atoms. The number of nitrogen functional groups attached to an aromatic ring is 1. The number of nitriles is 1. The Kier molecular flexibility index (Phi) is 7.84. The summed E-state index contributed by atoms with van der Waals surface area (Å²) >= 11 is 0. The average Bonchev–Trinajstić information content (AvgIpc) is 2.92. The lowest BCUT2D eigenvalue weighted by Gasteiger charge is -2.16. The Balaban J connectivity index is 2.40. The van der Waals surface area contributed by atoms with Crippen molar-refractivity contribution in [2.45, 2.75) is 71.9 Å². The van der Waals surface area contributed by atoms with E-state index < -0.39 is 8.07 Å².